The van der Waals surface area contributed by atoms with Gasteiger partial charge < -0.3 is 15.1 Å². The van der Waals surface area contributed by atoms with Crippen molar-refractivity contribution in [2.45, 2.75) is 58.0 Å². The van der Waals surface area contributed by atoms with Gasteiger partial charge in [0, 0.05) is 32.1 Å². The highest BCUT2D eigenvalue weighted by molar-refractivity contribution is 5.93. The Hall–Kier alpha value is -1.10. The van der Waals surface area contributed by atoms with Crippen LogP contribution < -0.4 is 5.32 Å². The maximum Gasteiger partial charge on any atom is 0.248 e. The second-order valence-electron chi connectivity index (χ2n) is 6.49. The van der Waals surface area contributed by atoms with Crippen molar-refractivity contribution in [1.82, 2.24) is 15.1 Å². The number of piperidine rings is 1. The van der Waals surface area contributed by atoms with Gasteiger partial charge in [-0.2, -0.15) is 0 Å². The number of carbonyl (C=O) groups excluding carboxylic acids is 2. The number of nitrogens with one attached hydrogen (secondary N) is 1. The van der Waals surface area contributed by atoms with Crippen LogP contribution in [0.2, 0.25) is 0 Å². The maximum absolute atomic E-state index is 12.6. The molecule has 0 aromatic heterocycles. The van der Waals surface area contributed by atoms with Crippen molar-refractivity contribution in [2.24, 2.45) is 0 Å². The van der Waals surface area contributed by atoms with E-state index in [1.807, 2.05) is 4.90 Å². The molecule has 2 aliphatic heterocycles. The first kappa shape index (κ1) is 15.3. The van der Waals surface area contributed by atoms with Crippen LogP contribution in [0.25, 0.3) is 0 Å². The molecule has 0 radical (unpaired) electrons. The van der Waals surface area contributed by atoms with Crippen molar-refractivity contribution >= 4 is 11.8 Å². The Morgan fingerprint density at radius 3 is 2.45 bits per heavy atom. The fourth-order valence-electron chi connectivity index (χ4n) is 3.27. The summed E-state index contributed by atoms with van der Waals surface area (Å²) in [5.74, 6) is 0.0477. The van der Waals surface area contributed by atoms with E-state index in [2.05, 4.69) is 17.1 Å². The van der Waals surface area contributed by atoms with Crippen LogP contribution in [0.1, 0.15) is 46.5 Å². The first-order valence-corrected chi connectivity index (χ1v) is 7.78. The molecule has 0 aromatic carbocycles. The van der Waals surface area contributed by atoms with Crippen LogP contribution in [-0.2, 0) is 9.59 Å². The van der Waals surface area contributed by atoms with Crippen molar-refractivity contribution in [3.8, 4) is 0 Å². The Morgan fingerprint density at radius 1 is 1.20 bits per heavy atom. The molecule has 0 bridgehead atoms. The summed E-state index contributed by atoms with van der Waals surface area (Å²) >= 11 is 0. The Kier molecular flexibility index (Phi) is 4.68. The number of rotatable bonds is 3. The average molecular weight is 281 g/mol. The molecular formula is C15H27N3O2. The van der Waals surface area contributed by atoms with Crippen molar-refractivity contribution < 1.29 is 9.59 Å². The monoisotopic (exact) mass is 281 g/mol. The minimum atomic E-state index is -0.770. The highest BCUT2D eigenvalue weighted by atomic mass is 16.2. The van der Waals surface area contributed by atoms with Gasteiger partial charge in [0.05, 0.1) is 0 Å². The summed E-state index contributed by atoms with van der Waals surface area (Å²) in [6.07, 6.45) is 3.65. The van der Waals surface area contributed by atoms with E-state index >= 15 is 0 Å². The SMILES string of the molecule is CCCN1CCC(N2CCC(=O)NC(C)(C)C2=O)CC1. The highest BCUT2D eigenvalue weighted by Crippen LogP contribution is 2.22. The number of hydrogen-bond donors (Lipinski definition) is 1. The van der Waals surface area contributed by atoms with Gasteiger partial charge in [0.15, 0.2) is 0 Å². The molecule has 114 valence electrons. The van der Waals surface area contributed by atoms with E-state index in [1.54, 1.807) is 13.8 Å². The fourth-order valence-corrected chi connectivity index (χ4v) is 3.27. The zero-order valence-electron chi connectivity index (χ0n) is 12.9. The molecule has 0 atom stereocenters. The zero-order chi connectivity index (χ0) is 14.8. The summed E-state index contributed by atoms with van der Waals surface area (Å²) in [5.41, 5.74) is -0.770. The zero-order valence-corrected chi connectivity index (χ0v) is 12.9. The molecule has 2 fully saturated rings. The average Bonchev–Trinajstić information content (AvgIpc) is 2.49. The molecule has 2 saturated heterocycles. The molecule has 0 saturated carbocycles. The minimum absolute atomic E-state index is 0.0192. The van der Waals surface area contributed by atoms with E-state index in [0.717, 1.165) is 32.5 Å². The summed E-state index contributed by atoms with van der Waals surface area (Å²) in [5, 5.41) is 2.83. The van der Waals surface area contributed by atoms with E-state index in [9.17, 15) is 9.59 Å². The van der Waals surface area contributed by atoms with Crippen molar-refractivity contribution in [2.75, 3.05) is 26.2 Å². The molecule has 0 spiro atoms. The third-order valence-electron chi connectivity index (χ3n) is 4.36. The predicted molar refractivity (Wildman–Crippen MR) is 78.3 cm³/mol. The lowest BCUT2D eigenvalue weighted by molar-refractivity contribution is -0.140. The van der Waals surface area contributed by atoms with Gasteiger partial charge >= 0.3 is 0 Å². The lowest BCUT2D eigenvalue weighted by Crippen LogP contribution is -2.56. The van der Waals surface area contributed by atoms with Crippen LogP contribution in [0, 0.1) is 0 Å². The number of carbonyl (C=O) groups is 2. The van der Waals surface area contributed by atoms with Gasteiger partial charge in [-0.3, -0.25) is 9.59 Å². The van der Waals surface area contributed by atoms with Crippen LogP contribution in [-0.4, -0.2) is 59.4 Å². The molecule has 5 nitrogen and oxygen atoms in total. The second-order valence-corrected chi connectivity index (χ2v) is 6.49. The molecular weight excluding hydrogens is 254 g/mol. The number of amides is 2. The third-order valence-corrected chi connectivity index (χ3v) is 4.36. The van der Waals surface area contributed by atoms with E-state index in [1.165, 1.54) is 6.42 Å². The summed E-state index contributed by atoms with van der Waals surface area (Å²) in [6, 6.07) is 0.294. The van der Waals surface area contributed by atoms with Gasteiger partial charge in [0.25, 0.3) is 0 Å². The van der Waals surface area contributed by atoms with Gasteiger partial charge in [0.2, 0.25) is 11.8 Å². The Morgan fingerprint density at radius 2 is 1.85 bits per heavy atom. The maximum atomic E-state index is 12.6. The van der Waals surface area contributed by atoms with E-state index in [4.69, 9.17) is 0 Å². The molecule has 0 aromatic rings. The second kappa shape index (κ2) is 6.12. The third kappa shape index (κ3) is 3.32. The lowest BCUT2D eigenvalue weighted by Gasteiger charge is -2.40. The van der Waals surface area contributed by atoms with E-state index in [0.29, 0.717) is 19.0 Å². The molecule has 2 rings (SSSR count). The summed E-state index contributed by atoms with van der Waals surface area (Å²) < 4.78 is 0. The largest absolute Gasteiger partial charge is 0.342 e. The number of likely N-dealkylation sites (tertiary alicyclic amines) is 1. The van der Waals surface area contributed by atoms with Crippen molar-refractivity contribution in [3.05, 3.63) is 0 Å². The highest BCUT2D eigenvalue weighted by Gasteiger charge is 2.39. The molecule has 2 amide bonds. The molecule has 2 aliphatic rings. The van der Waals surface area contributed by atoms with Crippen LogP contribution in [0.3, 0.4) is 0 Å². The van der Waals surface area contributed by atoms with Gasteiger partial charge in [-0.05, 0) is 39.7 Å². The van der Waals surface area contributed by atoms with E-state index < -0.39 is 5.54 Å². The minimum Gasteiger partial charge on any atom is -0.342 e. The normalized spacial score (nSPS) is 25.4. The van der Waals surface area contributed by atoms with Crippen molar-refractivity contribution in [3.63, 3.8) is 0 Å². The smallest absolute Gasteiger partial charge is 0.248 e. The summed E-state index contributed by atoms with van der Waals surface area (Å²) in [4.78, 5) is 28.7. The Balaban J connectivity index is 2.01. The van der Waals surface area contributed by atoms with Crippen LogP contribution >= 0.6 is 0 Å². The molecule has 1 N–H and O–H groups in total. The van der Waals surface area contributed by atoms with Crippen LogP contribution in [0.15, 0.2) is 0 Å². The molecule has 2 heterocycles. The van der Waals surface area contributed by atoms with Crippen molar-refractivity contribution in [1.29, 1.82) is 0 Å². The first-order valence-electron chi connectivity index (χ1n) is 7.78. The number of nitrogens with zero attached hydrogens (tertiary/aromatic N) is 2. The molecule has 20 heavy (non-hydrogen) atoms. The first-order chi connectivity index (χ1) is 9.44. The quantitative estimate of drug-likeness (QED) is 0.839. The Labute approximate surface area is 121 Å². The standard InChI is InChI=1S/C15H27N3O2/c1-4-8-17-9-5-12(6-10-17)18-11-7-13(19)16-15(2,3)14(18)20/h12H,4-11H2,1-3H3,(H,16,19). The fraction of sp³-hybridized carbons (Fsp3) is 0.867. The lowest BCUT2D eigenvalue weighted by atomic mass is 9.98. The summed E-state index contributed by atoms with van der Waals surface area (Å²) in [7, 11) is 0. The van der Waals surface area contributed by atoms with Crippen LogP contribution in [0.5, 0.6) is 0 Å². The molecule has 0 unspecified atom stereocenters. The Bertz CT molecular complexity index is 373. The van der Waals surface area contributed by atoms with Gasteiger partial charge in [-0.25, -0.2) is 0 Å². The number of hydrogen-bond acceptors (Lipinski definition) is 3. The van der Waals surface area contributed by atoms with Gasteiger partial charge in [-0.15, -0.1) is 0 Å². The topological polar surface area (TPSA) is 52.6 Å². The van der Waals surface area contributed by atoms with Gasteiger partial charge in [-0.1, -0.05) is 6.92 Å². The molecule has 5 heteroatoms. The van der Waals surface area contributed by atoms with E-state index in [-0.39, 0.29) is 11.8 Å². The summed E-state index contributed by atoms with van der Waals surface area (Å²) in [6.45, 7) is 9.63. The molecule has 0 aliphatic carbocycles. The van der Waals surface area contributed by atoms with Crippen LogP contribution in [0.4, 0.5) is 0 Å². The van der Waals surface area contributed by atoms with Gasteiger partial charge in [0.1, 0.15) is 5.54 Å². The predicted octanol–water partition coefficient (Wildman–Crippen LogP) is 0.988.